The molecule has 2 aromatic rings. The van der Waals surface area contributed by atoms with Crippen molar-refractivity contribution in [2.75, 3.05) is 0 Å². The van der Waals surface area contributed by atoms with Crippen LogP contribution in [-0.4, -0.2) is 15.7 Å². The molecule has 25 heavy (non-hydrogen) atoms. The third kappa shape index (κ3) is 3.50. The summed E-state index contributed by atoms with van der Waals surface area (Å²) in [6, 6.07) is 10.6. The first-order valence-corrected chi connectivity index (χ1v) is 9.58. The van der Waals surface area contributed by atoms with Crippen molar-refractivity contribution >= 4 is 34.8 Å². The third-order valence-electron chi connectivity index (χ3n) is 4.49. The summed E-state index contributed by atoms with van der Waals surface area (Å²) in [4.78, 5) is 14.5. The van der Waals surface area contributed by atoms with Gasteiger partial charge in [0.15, 0.2) is 5.15 Å². The number of allylic oxidation sites excluding steroid dienone is 2. The molecule has 1 aromatic heterocycles. The average molecular weight is 372 g/mol. The Hall–Kier alpha value is -1.69. The van der Waals surface area contributed by atoms with Crippen LogP contribution in [0, 0.1) is 5.41 Å². The lowest BCUT2D eigenvalue weighted by molar-refractivity contribution is -0.626. The highest BCUT2D eigenvalue weighted by atomic mass is 35.5. The number of aromatic nitrogens is 2. The molecule has 4 rings (SSSR count). The number of hydrogen-bond acceptors (Lipinski definition) is 4. The van der Waals surface area contributed by atoms with Gasteiger partial charge >= 0.3 is 0 Å². The van der Waals surface area contributed by atoms with Crippen molar-refractivity contribution in [1.82, 2.24) is 9.97 Å². The molecule has 2 heterocycles. The molecule has 0 unspecified atom stereocenters. The van der Waals surface area contributed by atoms with Gasteiger partial charge in [0.1, 0.15) is 29.3 Å². The zero-order valence-electron chi connectivity index (χ0n) is 14.3. The Morgan fingerprint density at radius 2 is 1.96 bits per heavy atom. The second-order valence-corrected chi connectivity index (χ2v) is 8.60. The van der Waals surface area contributed by atoms with E-state index in [9.17, 15) is 0 Å². The highest BCUT2D eigenvalue weighted by Gasteiger charge is 2.37. The van der Waals surface area contributed by atoms with Crippen molar-refractivity contribution in [2.24, 2.45) is 10.4 Å². The fourth-order valence-electron chi connectivity index (χ4n) is 3.35. The minimum absolute atomic E-state index is 0.186. The van der Waals surface area contributed by atoms with Crippen molar-refractivity contribution < 1.29 is 5.32 Å². The van der Waals surface area contributed by atoms with Gasteiger partial charge in [0.05, 0.1) is 10.6 Å². The second kappa shape index (κ2) is 6.56. The number of nitrogens with zero attached hydrogens (tertiary/aromatic N) is 3. The summed E-state index contributed by atoms with van der Waals surface area (Å²) < 4.78 is 0. The molecule has 0 saturated carbocycles. The molecule has 0 amide bonds. The third-order valence-corrected chi connectivity index (χ3v) is 5.96. The standard InChI is InChI=1S/C19H19ClN4S/c1-19(2)8-13(21-10-12-6-4-3-5-7-12)16-14(9-19)24-15-17(20)22-11-23-18(15)25-16/h3-7,11,21H,8-10H2,1-2H3/p+1. The van der Waals surface area contributed by atoms with Gasteiger partial charge in [-0.2, -0.15) is 0 Å². The topological polar surface area (TPSA) is 54.8 Å². The lowest BCUT2D eigenvalue weighted by Gasteiger charge is -2.33. The summed E-state index contributed by atoms with van der Waals surface area (Å²) in [5, 5.41) is 3.63. The molecule has 1 aliphatic heterocycles. The number of nitrogens with two attached hydrogens (primary N) is 1. The summed E-state index contributed by atoms with van der Waals surface area (Å²) in [6.07, 6.45) is 3.51. The van der Waals surface area contributed by atoms with Crippen LogP contribution in [0.3, 0.4) is 0 Å². The number of benzene rings is 1. The largest absolute Gasteiger partial charge is 0.313 e. The SMILES string of the molecule is CC1(C)CC2=Nc3c(Cl)ncnc3SC2=C([NH2+]Cc2ccccc2)C1. The highest BCUT2D eigenvalue weighted by molar-refractivity contribution is 8.04. The van der Waals surface area contributed by atoms with Gasteiger partial charge in [0.2, 0.25) is 0 Å². The summed E-state index contributed by atoms with van der Waals surface area (Å²) in [7, 11) is 0. The molecule has 1 aliphatic carbocycles. The zero-order chi connectivity index (χ0) is 17.4. The molecule has 128 valence electrons. The van der Waals surface area contributed by atoms with Crippen molar-refractivity contribution in [1.29, 1.82) is 0 Å². The van der Waals surface area contributed by atoms with Crippen LogP contribution in [0.5, 0.6) is 0 Å². The van der Waals surface area contributed by atoms with Crippen LogP contribution in [0.4, 0.5) is 5.69 Å². The predicted octanol–water partition coefficient (Wildman–Crippen LogP) is 4.10. The van der Waals surface area contributed by atoms with Crippen molar-refractivity contribution in [2.45, 2.75) is 38.3 Å². The van der Waals surface area contributed by atoms with E-state index in [2.05, 4.69) is 59.5 Å². The Kier molecular flexibility index (Phi) is 4.40. The number of rotatable bonds is 3. The molecule has 0 atom stereocenters. The Balaban J connectivity index is 1.70. The number of halogens is 1. The number of quaternary nitrogens is 1. The summed E-state index contributed by atoms with van der Waals surface area (Å²) in [5.74, 6) is 0. The maximum absolute atomic E-state index is 6.23. The normalized spacial score (nSPS) is 18.4. The average Bonchev–Trinajstić information content (AvgIpc) is 2.59. The molecule has 0 spiro atoms. The van der Waals surface area contributed by atoms with Crippen LogP contribution in [0.25, 0.3) is 0 Å². The monoisotopic (exact) mass is 371 g/mol. The van der Waals surface area contributed by atoms with Crippen LogP contribution in [0.1, 0.15) is 32.3 Å². The number of hydrogen-bond donors (Lipinski definition) is 1. The van der Waals surface area contributed by atoms with E-state index in [1.54, 1.807) is 11.8 Å². The fourth-order valence-corrected chi connectivity index (χ4v) is 4.64. The van der Waals surface area contributed by atoms with Gasteiger partial charge in [0, 0.05) is 12.0 Å². The van der Waals surface area contributed by atoms with Crippen molar-refractivity contribution in [3.05, 3.63) is 58.0 Å². The van der Waals surface area contributed by atoms with Gasteiger partial charge in [-0.1, -0.05) is 67.5 Å². The van der Waals surface area contributed by atoms with Crippen LogP contribution >= 0.6 is 23.4 Å². The number of aliphatic imine (C=N–C) groups is 1. The van der Waals surface area contributed by atoms with Gasteiger partial charge in [-0.25, -0.2) is 15.0 Å². The van der Waals surface area contributed by atoms with E-state index in [0.29, 0.717) is 10.8 Å². The van der Waals surface area contributed by atoms with E-state index in [1.165, 1.54) is 22.5 Å². The molecule has 2 N–H and O–H groups in total. The summed E-state index contributed by atoms with van der Waals surface area (Å²) in [6.45, 7) is 5.53. The molecule has 2 aliphatic rings. The van der Waals surface area contributed by atoms with Crippen LogP contribution in [-0.2, 0) is 6.54 Å². The Morgan fingerprint density at radius 3 is 2.76 bits per heavy atom. The molecule has 6 heteroatoms. The summed E-state index contributed by atoms with van der Waals surface area (Å²) in [5.41, 5.74) is 4.71. The Labute approximate surface area is 156 Å². The first-order valence-electron chi connectivity index (χ1n) is 8.38. The fraction of sp³-hybridized carbons (Fsp3) is 0.316. The molecule has 0 bridgehead atoms. The Bertz CT molecular complexity index is 874. The second-order valence-electron chi connectivity index (χ2n) is 7.24. The van der Waals surface area contributed by atoms with Crippen molar-refractivity contribution in [3.8, 4) is 0 Å². The molecular formula is C19H20ClN4S+. The predicted molar refractivity (Wildman–Crippen MR) is 102 cm³/mol. The van der Waals surface area contributed by atoms with Gasteiger partial charge in [0.25, 0.3) is 0 Å². The summed E-state index contributed by atoms with van der Waals surface area (Å²) >= 11 is 7.91. The van der Waals surface area contributed by atoms with Gasteiger partial charge in [-0.15, -0.1) is 0 Å². The van der Waals surface area contributed by atoms with E-state index in [4.69, 9.17) is 16.6 Å². The first-order chi connectivity index (χ1) is 12.0. The van der Waals surface area contributed by atoms with E-state index in [0.717, 1.165) is 30.1 Å². The Morgan fingerprint density at radius 1 is 1.16 bits per heavy atom. The molecular weight excluding hydrogens is 352 g/mol. The first kappa shape index (κ1) is 16.8. The molecule has 0 radical (unpaired) electrons. The maximum Gasteiger partial charge on any atom is 0.159 e. The zero-order valence-corrected chi connectivity index (χ0v) is 15.9. The minimum atomic E-state index is 0.186. The van der Waals surface area contributed by atoms with Crippen LogP contribution in [0.2, 0.25) is 5.15 Å². The quantitative estimate of drug-likeness (QED) is 0.826. The minimum Gasteiger partial charge on any atom is -0.313 e. The van der Waals surface area contributed by atoms with Crippen LogP contribution < -0.4 is 5.32 Å². The van der Waals surface area contributed by atoms with Gasteiger partial charge in [-0.3, -0.25) is 0 Å². The van der Waals surface area contributed by atoms with Crippen LogP contribution in [0.15, 0.2) is 57.3 Å². The smallest absolute Gasteiger partial charge is 0.159 e. The highest BCUT2D eigenvalue weighted by Crippen LogP contribution is 2.48. The number of fused-ring (bicyclic) bond motifs is 2. The van der Waals surface area contributed by atoms with E-state index in [-0.39, 0.29) is 5.41 Å². The van der Waals surface area contributed by atoms with Gasteiger partial charge in [-0.05, 0) is 11.8 Å². The molecule has 0 fully saturated rings. The number of thioether (sulfide) groups is 1. The van der Waals surface area contributed by atoms with Gasteiger partial charge < -0.3 is 5.32 Å². The molecule has 0 saturated heterocycles. The molecule has 1 aromatic carbocycles. The maximum atomic E-state index is 6.23. The van der Waals surface area contributed by atoms with E-state index >= 15 is 0 Å². The van der Waals surface area contributed by atoms with E-state index < -0.39 is 0 Å². The van der Waals surface area contributed by atoms with Crippen molar-refractivity contribution in [3.63, 3.8) is 0 Å². The molecule has 4 nitrogen and oxygen atoms in total. The lowest BCUT2D eigenvalue weighted by atomic mass is 9.78. The van der Waals surface area contributed by atoms with E-state index in [1.807, 2.05) is 0 Å². The lowest BCUT2D eigenvalue weighted by Crippen LogP contribution is -2.81.